The molecule has 1 aromatic carbocycles. The van der Waals surface area contributed by atoms with Crippen LogP contribution in [0.25, 0.3) is 0 Å². The molecular formula is C11H6BrFN2O2. The van der Waals surface area contributed by atoms with E-state index in [0.29, 0.717) is 16.3 Å². The second-order valence-electron chi connectivity index (χ2n) is 3.09. The highest BCUT2D eigenvalue weighted by molar-refractivity contribution is 9.10. The van der Waals surface area contributed by atoms with Crippen molar-refractivity contribution in [2.24, 2.45) is 0 Å². The third-order valence-electron chi connectivity index (χ3n) is 1.88. The number of carbonyl (C=O) groups is 1. The van der Waals surface area contributed by atoms with Gasteiger partial charge in [-0.25, -0.2) is 14.4 Å². The molecule has 0 saturated heterocycles. The van der Waals surface area contributed by atoms with Crippen molar-refractivity contribution >= 4 is 22.2 Å². The molecule has 0 unspecified atom stereocenters. The maximum Gasteiger partial charge on any atom is 0.322 e. The van der Waals surface area contributed by atoms with Gasteiger partial charge in [-0.15, -0.1) is 0 Å². The first kappa shape index (κ1) is 11.7. The standard InChI is InChI=1S/C11H6BrFN2O2/c12-8-1-2-9(13)10(3-8)17-11-14-4-7(6-16)5-15-11/h1-6H. The number of hydrogen-bond acceptors (Lipinski definition) is 4. The lowest BCUT2D eigenvalue weighted by Crippen LogP contribution is -1.95. The van der Waals surface area contributed by atoms with Crippen LogP contribution in [0.1, 0.15) is 10.4 Å². The van der Waals surface area contributed by atoms with E-state index in [1.807, 2.05) is 0 Å². The summed E-state index contributed by atoms with van der Waals surface area (Å²) in [7, 11) is 0. The number of aldehydes is 1. The van der Waals surface area contributed by atoms with Crippen molar-refractivity contribution in [3.63, 3.8) is 0 Å². The van der Waals surface area contributed by atoms with Gasteiger partial charge in [0.2, 0.25) is 0 Å². The molecule has 0 aliphatic rings. The summed E-state index contributed by atoms with van der Waals surface area (Å²) >= 11 is 3.20. The summed E-state index contributed by atoms with van der Waals surface area (Å²) in [6.07, 6.45) is 3.21. The monoisotopic (exact) mass is 296 g/mol. The quantitative estimate of drug-likeness (QED) is 0.817. The van der Waals surface area contributed by atoms with Gasteiger partial charge in [-0.1, -0.05) is 15.9 Å². The Morgan fingerprint density at radius 2 is 2.00 bits per heavy atom. The van der Waals surface area contributed by atoms with E-state index in [1.54, 1.807) is 6.07 Å². The molecule has 0 N–H and O–H groups in total. The molecule has 0 spiro atoms. The highest BCUT2D eigenvalue weighted by Crippen LogP contribution is 2.25. The van der Waals surface area contributed by atoms with Crippen LogP contribution in [0.4, 0.5) is 4.39 Å². The number of ether oxygens (including phenoxy) is 1. The molecule has 0 saturated carbocycles. The normalized spacial score (nSPS) is 10.0. The fourth-order valence-corrected chi connectivity index (χ4v) is 1.43. The third-order valence-corrected chi connectivity index (χ3v) is 2.37. The van der Waals surface area contributed by atoms with E-state index in [0.717, 1.165) is 0 Å². The van der Waals surface area contributed by atoms with Gasteiger partial charge in [0.15, 0.2) is 17.9 Å². The molecule has 0 radical (unpaired) electrons. The zero-order chi connectivity index (χ0) is 12.3. The summed E-state index contributed by atoms with van der Waals surface area (Å²) in [5, 5.41) is 0. The number of aromatic nitrogens is 2. The minimum atomic E-state index is -0.517. The first-order valence-electron chi connectivity index (χ1n) is 4.59. The fraction of sp³-hybridized carbons (Fsp3) is 0. The van der Waals surface area contributed by atoms with Gasteiger partial charge in [-0.2, -0.15) is 0 Å². The fourth-order valence-electron chi connectivity index (χ4n) is 1.09. The van der Waals surface area contributed by atoms with E-state index < -0.39 is 5.82 Å². The summed E-state index contributed by atoms with van der Waals surface area (Å²) in [4.78, 5) is 17.9. The molecular weight excluding hydrogens is 291 g/mol. The summed E-state index contributed by atoms with van der Waals surface area (Å²) in [5.41, 5.74) is 0.326. The summed E-state index contributed by atoms with van der Waals surface area (Å²) in [6, 6.07) is 4.26. The smallest absolute Gasteiger partial charge is 0.322 e. The summed E-state index contributed by atoms with van der Waals surface area (Å²) in [6.45, 7) is 0. The molecule has 0 amide bonds. The second kappa shape index (κ2) is 5.01. The topological polar surface area (TPSA) is 52.1 Å². The second-order valence-corrected chi connectivity index (χ2v) is 4.01. The van der Waals surface area contributed by atoms with Gasteiger partial charge < -0.3 is 4.74 Å². The lowest BCUT2D eigenvalue weighted by atomic mass is 10.3. The van der Waals surface area contributed by atoms with Gasteiger partial charge in [-0.05, 0) is 18.2 Å². The van der Waals surface area contributed by atoms with Crippen LogP contribution in [0.2, 0.25) is 0 Å². The number of halogens is 2. The van der Waals surface area contributed by atoms with E-state index in [-0.39, 0.29) is 11.8 Å². The van der Waals surface area contributed by atoms with Crippen LogP contribution in [0.15, 0.2) is 35.1 Å². The van der Waals surface area contributed by atoms with Crippen molar-refractivity contribution in [1.82, 2.24) is 9.97 Å². The summed E-state index contributed by atoms with van der Waals surface area (Å²) in [5.74, 6) is -0.505. The van der Waals surface area contributed by atoms with E-state index in [2.05, 4.69) is 25.9 Å². The van der Waals surface area contributed by atoms with Gasteiger partial charge >= 0.3 is 6.01 Å². The molecule has 1 aromatic heterocycles. The largest absolute Gasteiger partial charge is 0.421 e. The molecule has 86 valence electrons. The Labute approximate surface area is 105 Å². The third kappa shape index (κ3) is 2.85. The SMILES string of the molecule is O=Cc1cnc(Oc2cc(Br)ccc2F)nc1. The van der Waals surface area contributed by atoms with Crippen molar-refractivity contribution < 1.29 is 13.9 Å². The van der Waals surface area contributed by atoms with Crippen LogP contribution in [-0.2, 0) is 0 Å². The number of carbonyl (C=O) groups excluding carboxylic acids is 1. The molecule has 4 nitrogen and oxygen atoms in total. The first-order valence-corrected chi connectivity index (χ1v) is 5.38. The molecule has 0 atom stereocenters. The predicted octanol–water partition coefficient (Wildman–Crippen LogP) is 2.98. The van der Waals surface area contributed by atoms with Gasteiger partial charge in [-0.3, -0.25) is 4.79 Å². The van der Waals surface area contributed by atoms with Gasteiger partial charge in [0, 0.05) is 16.9 Å². The minimum Gasteiger partial charge on any atom is -0.421 e. The molecule has 17 heavy (non-hydrogen) atoms. The molecule has 0 bridgehead atoms. The average Bonchev–Trinajstić information content (AvgIpc) is 2.35. The molecule has 6 heteroatoms. The summed E-state index contributed by atoms with van der Waals surface area (Å²) < 4.78 is 19.2. The van der Waals surface area contributed by atoms with E-state index in [1.165, 1.54) is 24.5 Å². The zero-order valence-electron chi connectivity index (χ0n) is 8.43. The Morgan fingerprint density at radius 1 is 1.29 bits per heavy atom. The van der Waals surface area contributed by atoms with Gasteiger partial charge in [0.25, 0.3) is 0 Å². The molecule has 0 fully saturated rings. The van der Waals surface area contributed by atoms with Crippen molar-refractivity contribution in [2.75, 3.05) is 0 Å². The predicted molar refractivity (Wildman–Crippen MR) is 61.6 cm³/mol. The average molecular weight is 297 g/mol. The number of rotatable bonds is 3. The van der Waals surface area contributed by atoms with Gasteiger partial charge in [0.1, 0.15) is 0 Å². The Balaban J connectivity index is 2.24. The lowest BCUT2D eigenvalue weighted by Gasteiger charge is -2.04. The number of hydrogen-bond donors (Lipinski definition) is 0. The Morgan fingerprint density at radius 3 is 2.65 bits per heavy atom. The number of benzene rings is 1. The molecule has 0 aliphatic carbocycles. The van der Waals surface area contributed by atoms with Crippen LogP contribution in [0.3, 0.4) is 0 Å². The van der Waals surface area contributed by atoms with Crippen molar-refractivity contribution in [1.29, 1.82) is 0 Å². The van der Waals surface area contributed by atoms with E-state index in [4.69, 9.17) is 4.74 Å². The maximum atomic E-state index is 13.3. The van der Waals surface area contributed by atoms with Crippen molar-refractivity contribution in [3.8, 4) is 11.8 Å². The lowest BCUT2D eigenvalue weighted by molar-refractivity contribution is 0.112. The minimum absolute atomic E-state index is 0.0122. The number of nitrogens with zero attached hydrogens (tertiary/aromatic N) is 2. The van der Waals surface area contributed by atoms with E-state index >= 15 is 0 Å². The molecule has 0 aliphatic heterocycles. The molecule has 2 rings (SSSR count). The van der Waals surface area contributed by atoms with Crippen LogP contribution >= 0.6 is 15.9 Å². The Hall–Kier alpha value is -1.82. The maximum absolute atomic E-state index is 13.3. The zero-order valence-corrected chi connectivity index (χ0v) is 10.0. The first-order chi connectivity index (χ1) is 8.19. The Kier molecular flexibility index (Phi) is 3.43. The molecule has 2 aromatic rings. The van der Waals surface area contributed by atoms with Crippen molar-refractivity contribution in [3.05, 3.63) is 46.4 Å². The highest BCUT2D eigenvalue weighted by atomic mass is 79.9. The molecule has 1 heterocycles. The van der Waals surface area contributed by atoms with Crippen molar-refractivity contribution in [2.45, 2.75) is 0 Å². The van der Waals surface area contributed by atoms with Crippen LogP contribution < -0.4 is 4.74 Å². The van der Waals surface area contributed by atoms with Gasteiger partial charge in [0.05, 0.1) is 5.56 Å². The van der Waals surface area contributed by atoms with E-state index in [9.17, 15) is 9.18 Å². The highest BCUT2D eigenvalue weighted by Gasteiger charge is 2.07. The Bertz CT molecular complexity index is 546. The van der Waals surface area contributed by atoms with Crippen LogP contribution in [0.5, 0.6) is 11.8 Å². The van der Waals surface area contributed by atoms with Crippen LogP contribution in [0, 0.1) is 5.82 Å². The van der Waals surface area contributed by atoms with Crippen LogP contribution in [-0.4, -0.2) is 16.3 Å².